The van der Waals surface area contributed by atoms with Crippen molar-refractivity contribution in [1.29, 1.82) is 0 Å². The van der Waals surface area contributed by atoms with Gasteiger partial charge in [-0.25, -0.2) is 12.7 Å². The molecule has 0 amide bonds. The first kappa shape index (κ1) is 24.7. The molecule has 0 aliphatic carbocycles. The van der Waals surface area contributed by atoms with E-state index in [9.17, 15) is 8.42 Å². The first-order chi connectivity index (χ1) is 12.8. The van der Waals surface area contributed by atoms with E-state index in [0.29, 0.717) is 13.1 Å². The summed E-state index contributed by atoms with van der Waals surface area (Å²) in [6.07, 6.45) is 0. The minimum absolute atomic E-state index is 0. The number of aliphatic imine (C=N–C) groups is 1. The van der Waals surface area contributed by atoms with E-state index >= 15 is 0 Å². The van der Waals surface area contributed by atoms with Crippen LogP contribution in [0.1, 0.15) is 11.1 Å². The molecule has 0 bridgehead atoms. The molecule has 0 saturated heterocycles. The van der Waals surface area contributed by atoms with Gasteiger partial charge in [0.25, 0.3) is 0 Å². The Morgan fingerprint density at radius 2 is 1.68 bits per heavy atom. The molecule has 0 aromatic heterocycles. The fraction of sp³-hybridized carbons (Fsp3) is 0.316. The highest BCUT2D eigenvalue weighted by Crippen LogP contribution is 2.17. The number of rotatable bonds is 6. The van der Waals surface area contributed by atoms with Crippen molar-refractivity contribution in [2.75, 3.05) is 28.2 Å². The molecule has 2 aromatic carbocycles. The minimum Gasteiger partial charge on any atom is -0.352 e. The molecular weight excluding hydrogens is 511 g/mol. The Kier molecular flexibility index (Phi) is 9.68. The van der Waals surface area contributed by atoms with Gasteiger partial charge >= 0.3 is 0 Å². The van der Waals surface area contributed by atoms with Crippen LogP contribution < -0.4 is 5.32 Å². The molecule has 0 spiro atoms. The summed E-state index contributed by atoms with van der Waals surface area (Å²) >= 11 is 6.22. The number of hydrogen-bond donors (Lipinski definition) is 1. The SMILES string of the molecule is CN=C(NCc1ccc(S(=O)(=O)N(C)C)cc1)N(C)Cc1ccccc1Cl.I. The summed E-state index contributed by atoms with van der Waals surface area (Å²) in [5, 5.41) is 4.00. The Bertz CT molecular complexity index is 902. The van der Waals surface area contributed by atoms with E-state index in [4.69, 9.17) is 11.6 Å². The van der Waals surface area contributed by atoms with Crippen molar-refractivity contribution in [3.05, 3.63) is 64.7 Å². The van der Waals surface area contributed by atoms with Gasteiger partial charge in [-0.05, 0) is 29.3 Å². The molecule has 6 nitrogen and oxygen atoms in total. The fourth-order valence-corrected chi connectivity index (χ4v) is 3.61. The van der Waals surface area contributed by atoms with E-state index in [0.717, 1.165) is 22.1 Å². The van der Waals surface area contributed by atoms with Gasteiger partial charge in [0.05, 0.1) is 4.90 Å². The first-order valence-electron chi connectivity index (χ1n) is 8.42. The monoisotopic (exact) mass is 536 g/mol. The average molecular weight is 537 g/mol. The molecule has 154 valence electrons. The van der Waals surface area contributed by atoms with Gasteiger partial charge in [-0.1, -0.05) is 41.9 Å². The van der Waals surface area contributed by atoms with Gasteiger partial charge in [-0.2, -0.15) is 0 Å². The van der Waals surface area contributed by atoms with Crippen molar-refractivity contribution < 1.29 is 8.42 Å². The lowest BCUT2D eigenvalue weighted by Crippen LogP contribution is -2.38. The number of nitrogens with one attached hydrogen (secondary N) is 1. The van der Waals surface area contributed by atoms with Gasteiger partial charge in [0.2, 0.25) is 10.0 Å². The molecule has 0 aliphatic heterocycles. The zero-order chi connectivity index (χ0) is 20.0. The molecule has 9 heteroatoms. The van der Waals surface area contributed by atoms with Crippen molar-refractivity contribution >= 4 is 51.6 Å². The number of hydrogen-bond acceptors (Lipinski definition) is 3. The minimum atomic E-state index is -3.41. The summed E-state index contributed by atoms with van der Waals surface area (Å²) in [5.41, 5.74) is 1.97. The van der Waals surface area contributed by atoms with Crippen LogP contribution in [0.15, 0.2) is 58.4 Å². The summed E-state index contributed by atoms with van der Waals surface area (Å²) in [6.45, 7) is 1.15. The highest BCUT2D eigenvalue weighted by molar-refractivity contribution is 14.0. The normalized spacial score (nSPS) is 11.9. The van der Waals surface area contributed by atoms with Gasteiger partial charge in [0.1, 0.15) is 0 Å². The largest absolute Gasteiger partial charge is 0.352 e. The van der Waals surface area contributed by atoms with E-state index < -0.39 is 10.0 Å². The maximum absolute atomic E-state index is 12.1. The van der Waals surface area contributed by atoms with Gasteiger partial charge < -0.3 is 10.2 Å². The third-order valence-corrected chi connectivity index (χ3v) is 6.29. The Labute approximate surface area is 189 Å². The summed E-state index contributed by atoms with van der Waals surface area (Å²) < 4.78 is 25.4. The van der Waals surface area contributed by atoms with Gasteiger partial charge in [-0.15, -0.1) is 24.0 Å². The zero-order valence-corrected chi connectivity index (χ0v) is 20.3. The maximum atomic E-state index is 12.1. The van der Waals surface area contributed by atoms with E-state index in [2.05, 4.69) is 10.3 Å². The van der Waals surface area contributed by atoms with Gasteiger partial charge in [0, 0.05) is 46.3 Å². The molecule has 1 N–H and O–H groups in total. The van der Waals surface area contributed by atoms with E-state index in [1.54, 1.807) is 31.3 Å². The summed E-state index contributed by atoms with van der Waals surface area (Å²) in [6, 6.07) is 14.5. The van der Waals surface area contributed by atoms with Crippen LogP contribution in [-0.4, -0.2) is 51.8 Å². The second kappa shape index (κ2) is 11.0. The first-order valence-corrected chi connectivity index (χ1v) is 10.2. The summed E-state index contributed by atoms with van der Waals surface area (Å²) in [7, 11) is 3.28. The lowest BCUT2D eigenvalue weighted by Gasteiger charge is -2.22. The van der Waals surface area contributed by atoms with Crippen LogP contribution in [0.3, 0.4) is 0 Å². The van der Waals surface area contributed by atoms with Gasteiger partial charge in [-0.3, -0.25) is 4.99 Å². The van der Waals surface area contributed by atoms with Crippen LogP contribution in [0.25, 0.3) is 0 Å². The summed E-state index contributed by atoms with van der Waals surface area (Å²) in [4.78, 5) is 6.55. The second-order valence-electron chi connectivity index (χ2n) is 6.28. The highest BCUT2D eigenvalue weighted by Gasteiger charge is 2.16. The van der Waals surface area contributed by atoms with Crippen molar-refractivity contribution in [2.24, 2.45) is 4.99 Å². The predicted molar refractivity (Wildman–Crippen MR) is 126 cm³/mol. The molecular formula is C19H26ClIN4O2S. The topological polar surface area (TPSA) is 65.0 Å². The third-order valence-electron chi connectivity index (χ3n) is 4.09. The molecule has 0 saturated carbocycles. The Morgan fingerprint density at radius 1 is 1.07 bits per heavy atom. The van der Waals surface area contributed by atoms with Crippen LogP contribution in [-0.2, 0) is 23.1 Å². The summed E-state index contributed by atoms with van der Waals surface area (Å²) in [5.74, 6) is 0.722. The van der Waals surface area contributed by atoms with Crippen LogP contribution in [0.2, 0.25) is 5.02 Å². The Balaban J connectivity index is 0.00000392. The van der Waals surface area contributed by atoms with E-state index in [1.165, 1.54) is 18.4 Å². The van der Waals surface area contributed by atoms with Crippen molar-refractivity contribution in [1.82, 2.24) is 14.5 Å². The molecule has 0 aliphatic rings. The number of sulfonamides is 1. The zero-order valence-electron chi connectivity index (χ0n) is 16.4. The van der Waals surface area contributed by atoms with Crippen molar-refractivity contribution in [2.45, 2.75) is 18.0 Å². The van der Waals surface area contributed by atoms with Crippen molar-refractivity contribution in [3.8, 4) is 0 Å². The predicted octanol–water partition coefficient (Wildman–Crippen LogP) is 3.42. The molecule has 0 atom stereocenters. The Hall–Kier alpha value is -1.36. The number of halogens is 2. The van der Waals surface area contributed by atoms with Crippen LogP contribution in [0.5, 0.6) is 0 Å². The third kappa shape index (κ3) is 6.33. The van der Waals surface area contributed by atoms with Crippen molar-refractivity contribution in [3.63, 3.8) is 0 Å². The molecule has 2 rings (SSSR count). The lowest BCUT2D eigenvalue weighted by atomic mass is 10.2. The highest BCUT2D eigenvalue weighted by atomic mass is 127. The standard InChI is InChI=1S/C19H25ClN4O2S.HI/c1-21-19(24(4)14-16-7-5-6-8-18(16)20)22-13-15-9-11-17(12-10-15)27(25,26)23(2)3;/h5-12H,13-14H2,1-4H3,(H,21,22);1H. The molecule has 2 aromatic rings. The molecule has 0 radical (unpaired) electrons. The van der Waals surface area contributed by atoms with E-state index in [-0.39, 0.29) is 28.9 Å². The second-order valence-corrected chi connectivity index (χ2v) is 8.84. The Morgan fingerprint density at radius 3 is 2.21 bits per heavy atom. The lowest BCUT2D eigenvalue weighted by molar-refractivity contribution is 0.476. The number of benzene rings is 2. The average Bonchev–Trinajstić information content (AvgIpc) is 2.64. The van der Waals surface area contributed by atoms with Gasteiger partial charge in [0.15, 0.2) is 5.96 Å². The number of guanidine groups is 1. The quantitative estimate of drug-likeness (QED) is 0.349. The molecule has 0 fully saturated rings. The number of nitrogens with zero attached hydrogens (tertiary/aromatic N) is 3. The smallest absolute Gasteiger partial charge is 0.242 e. The molecule has 28 heavy (non-hydrogen) atoms. The fourth-order valence-electron chi connectivity index (χ4n) is 2.51. The molecule has 0 heterocycles. The van der Waals surface area contributed by atoms with Crippen LogP contribution in [0.4, 0.5) is 0 Å². The van der Waals surface area contributed by atoms with Crippen LogP contribution in [0, 0.1) is 0 Å². The van der Waals surface area contributed by atoms with E-state index in [1.807, 2.05) is 36.2 Å². The van der Waals surface area contributed by atoms with Crippen LogP contribution >= 0.6 is 35.6 Å². The molecule has 0 unspecified atom stereocenters. The maximum Gasteiger partial charge on any atom is 0.242 e.